The molecule has 2 aromatic carbocycles. The summed E-state index contributed by atoms with van der Waals surface area (Å²) in [5.41, 5.74) is 3.55. The predicted molar refractivity (Wildman–Crippen MR) is 96.2 cm³/mol. The van der Waals surface area contributed by atoms with Crippen molar-refractivity contribution < 1.29 is 0 Å². The molecule has 0 aliphatic heterocycles. The van der Waals surface area contributed by atoms with Crippen LogP contribution >= 0.6 is 0 Å². The average molecular weight is 315 g/mol. The molecule has 4 rings (SSSR count). The van der Waals surface area contributed by atoms with Crippen molar-refractivity contribution in [2.75, 3.05) is 0 Å². The standard InChI is InChI=1S/C21H21N3/c1-3-7-17(8-4-1)20(18-11-12-18)22-13-16-14-23-21(24-15-16)19-9-5-2-6-10-19/h1-10,14-15,18,20,22H,11-13H2/t20-/m0/s1. The van der Waals surface area contributed by atoms with Gasteiger partial charge in [-0.2, -0.15) is 0 Å². The minimum absolute atomic E-state index is 0.431. The zero-order chi connectivity index (χ0) is 16.2. The Morgan fingerprint density at radius 2 is 1.50 bits per heavy atom. The summed E-state index contributed by atoms with van der Waals surface area (Å²) in [4.78, 5) is 9.02. The number of rotatable bonds is 6. The molecular weight excluding hydrogens is 294 g/mol. The van der Waals surface area contributed by atoms with E-state index in [4.69, 9.17) is 0 Å². The van der Waals surface area contributed by atoms with Crippen LogP contribution in [0.2, 0.25) is 0 Å². The summed E-state index contributed by atoms with van der Waals surface area (Å²) in [5, 5.41) is 3.69. The van der Waals surface area contributed by atoms with Crippen molar-refractivity contribution in [1.82, 2.24) is 15.3 Å². The Hall–Kier alpha value is -2.52. The fourth-order valence-corrected chi connectivity index (χ4v) is 3.06. The third kappa shape index (κ3) is 3.52. The lowest BCUT2D eigenvalue weighted by Gasteiger charge is -2.18. The molecule has 24 heavy (non-hydrogen) atoms. The molecule has 120 valence electrons. The van der Waals surface area contributed by atoms with E-state index in [-0.39, 0.29) is 0 Å². The third-order valence-electron chi connectivity index (χ3n) is 4.52. The minimum Gasteiger partial charge on any atom is -0.305 e. The number of nitrogens with one attached hydrogen (secondary N) is 1. The Morgan fingerprint density at radius 3 is 2.12 bits per heavy atom. The van der Waals surface area contributed by atoms with E-state index in [1.54, 1.807) is 0 Å². The fourth-order valence-electron chi connectivity index (χ4n) is 3.06. The third-order valence-corrected chi connectivity index (χ3v) is 4.52. The van der Waals surface area contributed by atoms with Crippen LogP contribution in [-0.2, 0) is 6.54 Å². The van der Waals surface area contributed by atoms with Gasteiger partial charge in [0, 0.05) is 36.1 Å². The molecule has 0 amide bonds. The van der Waals surface area contributed by atoms with E-state index in [9.17, 15) is 0 Å². The zero-order valence-electron chi connectivity index (χ0n) is 13.6. The number of nitrogens with zero attached hydrogens (tertiary/aromatic N) is 2. The van der Waals surface area contributed by atoms with Gasteiger partial charge in [-0.3, -0.25) is 0 Å². The predicted octanol–water partition coefficient (Wildman–Crippen LogP) is 4.38. The van der Waals surface area contributed by atoms with Gasteiger partial charge in [0.05, 0.1) is 0 Å². The van der Waals surface area contributed by atoms with Crippen molar-refractivity contribution in [1.29, 1.82) is 0 Å². The highest BCUT2D eigenvalue weighted by molar-refractivity contribution is 5.53. The zero-order valence-corrected chi connectivity index (χ0v) is 13.6. The van der Waals surface area contributed by atoms with Crippen LogP contribution in [0.15, 0.2) is 73.1 Å². The molecule has 3 heteroatoms. The normalized spacial score (nSPS) is 15.2. The van der Waals surface area contributed by atoms with Crippen LogP contribution in [0, 0.1) is 5.92 Å². The summed E-state index contributed by atoms with van der Waals surface area (Å²) in [7, 11) is 0. The number of hydrogen-bond acceptors (Lipinski definition) is 3. The maximum Gasteiger partial charge on any atom is 0.159 e. The Morgan fingerprint density at radius 1 is 0.875 bits per heavy atom. The molecule has 3 nitrogen and oxygen atoms in total. The van der Waals surface area contributed by atoms with Crippen LogP contribution in [0.5, 0.6) is 0 Å². The van der Waals surface area contributed by atoms with E-state index in [0.29, 0.717) is 6.04 Å². The maximum absolute atomic E-state index is 4.51. The molecule has 0 saturated heterocycles. The second kappa shape index (κ2) is 6.93. The van der Waals surface area contributed by atoms with E-state index >= 15 is 0 Å². The summed E-state index contributed by atoms with van der Waals surface area (Å²) in [6.45, 7) is 0.797. The molecule has 1 aromatic heterocycles. The van der Waals surface area contributed by atoms with Gasteiger partial charge in [0.2, 0.25) is 0 Å². The molecule has 0 unspecified atom stereocenters. The minimum atomic E-state index is 0.431. The summed E-state index contributed by atoms with van der Waals surface area (Å²) in [6, 6.07) is 21.2. The molecule has 0 bridgehead atoms. The fraction of sp³-hybridized carbons (Fsp3) is 0.238. The number of hydrogen-bond donors (Lipinski definition) is 1. The first-order valence-corrected chi connectivity index (χ1v) is 8.55. The lowest BCUT2D eigenvalue weighted by Crippen LogP contribution is -2.22. The van der Waals surface area contributed by atoms with E-state index in [1.807, 2.05) is 42.7 Å². The Bertz CT molecular complexity index is 765. The SMILES string of the molecule is c1ccc(-c2ncc(CN[C@@H](c3ccccc3)C3CC3)cn2)cc1. The lowest BCUT2D eigenvalue weighted by molar-refractivity contribution is 0.479. The Kier molecular flexibility index (Phi) is 4.34. The molecule has 1 atom stereocenters. The first-order valence-electron chi connectivity index (χ1n) is 8.55. The van der Waals surface area contributed by atoms with Crippen molar-refractivity contribution in [2.45, 2.75) is 25.4 Å². The Labute approximate surface area is 142 Å². The van der Waals surface area contributed by atoms with Gasteiger partial charge in [0.1, 0.15) is 0 Å². The molecule has 1 aliphatic carbocycles. The second-order valence-electron chi connectivity index (χ2n) is 6.39. The quantitative estimate of drug-likeness (QED) is 0.733. The highest BCUT2D eigenvalue weighted by Gasteiger charge is 2.31. The number of aromatic nitrogens is 2. The summed E-state index contributed by atoms with van der Waals surface area (Å²) in [6.07, 6.45) is 6.49. The van der Waals surface area contributed by atoms with Crippen molar-refractivity contribution in [2.24, 2.45) is 5.92 Å². The Balaban J connectivity index is 1.43. The van der Waals surface area contributed by atoms with E-state index < -0.39 is 0 Å². The topological polar surface area (TPSA) is 37.8 Å². The van der Waals surface area contributed by atoms with Crippen molar-refractivity contribution in [3.63, 3.8) is 0 Å². The molecule has 1 N–H and O–H groups in total. The van der Waals surface area contributed by atoms with Gasteiger partial charge in [-0.25, -0.2) is 9.97 Å². The van der Waals surface area contributed by atoms with E-state index in [2.05, 4.69) is 45.6 Å². The molecule has 1 aliphatic rings. The van der Waals surface area contributed by atoms with Crippen LogP contribution in [0.3, 0.4) is 0 Å². The molecule has 0 radical (unpaired) electrons. The van der Waals surface area contributed by atoms with Crippen LogP contribution in [-0.4, -0.2) is 9.97 Å². The van der Waals surface area contributed by atoms with Gasteiger partial charge >= 0.3 is 0 Å². The lowest BCUT2D eigenvalue weighted by atomic mass is 10.0. The van der Waals surface area contributed by atoms with Gasteiger partial charge in [0.25, 0.3) is 0 Å². The highest BCUT2D eigenvalue weighted by Crippen LogP contribution is 2.41. The van der Waals surface area contributed by atoms with Gasteiger partial charge in [-0.1, -0.05) is 60.7 Å². The molecule has 3 aromatic rings. The number of benzene rings is 2. The molecule has 1 saturated carbocycles. The summed E-state index contributed by atoms with van der Waals surface area (Å²) < 4.78 is 0. The summed E-state index contributed by atoms with van der Waals surface area (Å²) in [5.74, 6) is 1.54. The van der Waals surface area contributed by atoms with Gasteiger partial charge < -0.3 is 5.32 Å². The van der Waals surface area contributed by atoms with Gasteiger partial charge in [-0.05, 0) is 24.3 Å². The van der Waals surface area contributed by atoms with Crippen LogP contribution in [0.4, 0.5) is 0 Å². The van der Waals surface area contributed by atoms with Gasteiger partial charge in [-0.15, -0.1) is 0 Å². The second-order valence-corrected chi connectivity index (χ2v) is 6.39. The van der Waals surface area contributed by atoms with Crippen molar-refractivity contribution >= 4 is 0 Å². The first kappa shape index (κ1) is 15.0. The maximum atomic E-state index is 4.51. The summed E-state index contributed by atoms with van der Waals surface area (Å²) >= 11 is 0. The van der Waals surface area contributed by atoms with Crippen molar-refractivity contribution in [3.8, 4) is 11.4 Å². The highest BCUT2D eigenvalue weighted by atomic mass is 14.9. The molecule has 1 heterocycles. The van der Waals surface area contributed by atoms with Crippen molar-refractivity contribution in [3.05, 3.63) is 84.2 Å². The van der Waals surface area contributed by atoms with E-state index in [1.165, 1.54) is 18.4 Å². The molecule has 0 spiro atoms. The average Bonchev–Trinajstić information content (AvgIpc) is 3.49. The first-order chi connectivity index (χ1) is 11.9. The monoisotopic (exact) mass is 315 g/mol. The van der Waals surface area contributed by atoms with Crippen LogP contribution < -0.4 is 5.32 Å². The van der Waals surface area contributed by atoms with E-state index in [0.717, 1.165) is 29.4 Å². The molecular formula is C21H21N3. The van der Waals surface area contributed by atoms with Crippen LogP contribution in [0.25, 0.3) is 11.4 Å². The largest absolute Gasteiger partial charge is 0.305 e. The van der Waals surface area contributed by atoms with Crippen LogP contribution in [0.1, 0.15) is 30.0 Å². The van der Waals surface area contributed by atoms with Gasteiger partial charge in [0.15, 0.2) is 5.82 Å². The smallest absolute Gasteiger partial charge is 0.159 e. The molecule has 1 fully saturated rings.